The fourth-order valence-electron chi connectivity index (χ4n) is 3.33. The fraction of sp³-hybridized carbons (Fsp3) is 0.458. The van der Waals surface area contributed by atoms with Crippen molar-refractivity contribution in [3.63, 3.8) is 0 Å². The molecule has 2 aliphatic heterocycles. The van der Waals surface area contributed by atoms with Crippen LogP contribution in [0.15, 0.2) is 64.9 Å². The summed E-state index contributed by atoms with van der Waals surface area (Å²) in [6, 6.07) is 9.29. The van der Waals surface area contributed by atoms with E-state index in [2.05, 4.69) is 21.8 Å². The SMILES string of the molecule is C=C/C=C1/C(N)=NC=NN1C1CCC(COP(NC(C)(C)C(=O)OC(C)C)Oc2ccccc2)O1. The number of hydrazone groups is 1. The lowest BCUT2D eigenvalue weighted by Crippen LogP contribution is -2.46. The van der Waals surface area contributed by atoms with Gasteiger partial charge >= 0.3 is 14.5 Å². The molecule has 2 aliphatic rings. The number of aliphatic imine (C=N–C) groups is 1. The molecule has 0 aliphatic carbocycles. The lowest BCUT2D eigenvalue weighted by atomic mass is 10.1. The Labute approximate surface area is 207 Å². The number of amidine groups is 1. The number of nitrogens with zero attached hydrogens (tertiary/aromatic N) is 3. The molecule has 1 aromatic carbocycles. The number of ether oxygens (including phenoxy) is 2. The van der Waals surface area contributed by atoms with Gasteiger partial charge in [0.2, 0.25) is 0 Å². The van der Waals surface area contributed by atoms with Crippen LogP contribution in [-0.4, -0.2) is 53.7 Å². The molecule has 0 amide bonds. The highest BCUT2D eigenvalue weighted by Gasteiger charge is 2.37. The highest BCUT2D eigenvalue weighted by Crippen LogP contribution is 2.39. The van der Waals surface area contributed by atoms with E-state index in [0.717, 1.165) is 12.8 Å². The third-order valence-corrected chi connectivity index (χ3v) is 6.55. The second-order valence-electron chi connectivity index (χ2n) is 8.82. The lowest BCUT2D eigenvalue weighted by molar-refractivity contribution is -0.153. The summed E-state index contributed by atoms with van der Waals surface area (Å²) < 4.78 is 23.7. The van der Waals surface area contributed by atoms with Gasteiger partial charge in [0, 0.05) is 0 Å². The number of esters is 1. The molecule has 0 saturated carbocycles. The average Bonchev–Trinajstić information content (AvgIpc) is 3.28. The minimum Gasteiger partial charge on any atom is -0.462 e. The van der Waals surface area contributed by atoms with E-state index in [9.17, 15) is 4.79 Å². The molecule has 3 N–H and O–H groups in total. The topological polar surface area (TPSA) is 120 Å². The summed E-state index contributed by atoms with van der Waals surface area (Å²) in [7, 11) is -1.69. The number of hydrogen-bond donors (Lipinski definition) is 2. The predicted molar refractivity (Wildman–Crippen MR) is 137 cm³/mol. The summed E-state index contributed by atoms with van der Waals surface area (Å²) in [6.45, 7) is 11.1. The van der Waals surface area contributed by atoms with Crippen molar-refractivity contribution < 1.29 is 23.3 Å². The maximum atomic E-state index is 12.6. The standard InChI is InChI=1S/C24H34N5O5P/c1-6-10-20-22(25)26-16-27-29(20)21-14-13-19(33-21)15-31-35(34-18-11-8-7-9-12-18)28-24(4,5)23(30)32-17(2)3/h6-12,16-17,19,21,28H,1,13-15H2,2-5H3,(H2,25,26,27)/b20-10-. The van der Waals surface area contributed by atoms with E-state index < -0.39 is 14.1 Å². The van der Waals surface area contributed by atoms with Crippen LogP contribution in [0.3, 0.4) is 0 Å². The second kappa shape index (κ2) is 12.3. The molecule has 190 valence electrons. The molecule has 3 unspecified atom stereocenters. The molecule has 11 heteroatoms. The van der Waals surface area contributed by atoms with E-state index in [-0.39, 0.29) is 31.0 Å². The van der Waals surface area contributed by atoms with Crippen LogP contribution in [0, 0.1) is 0 Å². The Morgan fingerprint density at radius 2 is 2.11 bits per heavy atom. The van der Waals surface area contributed by atoms with Gasteiger partial charge in [0.05, 0.1) is 18.8 Å². The van der Waals surface area contributed by atoms with Crippen molar-refractivity contribution in [1.29, 1.82) is 0 Å². The molecule has 1 saturated heterocycles. The van der Waals surface area contributed by atoms with Crippen molar-refractivity contribution in [2.75, 3.05) is 6.61 Å². The van der Waals surface area contributed by atoms with Gasteiger partial charge in [-0.1, -0.05) is 30.9 Å². The first-order valence-corrected chi connectivity index (χ1v) is 12.7. The number of nitrogens with one attached hydrogen (secondary N) is 1. The molecule has 0 radical (unpaired) electrons. The van der Waals surface area contributed by atoms with Gasteiger partial charge in [0.1, 0.15) is 23.3 Å². The molecule has 0 spiro atoms. The van der Waals surface area contributed by atoms with E-state index >= 15 is 0 Å². The molecular formula is C24H34N5O5P. The largest absolute Gasteiger partial charge is 0.462 e. The fourth-order valence-corrected chi connectivity index (χ4v) is 4.65. The molecule has 1 fully saturated rings. The monoisotopic (exact) mass is 503 g/mol. The molecule has 0 aromatic heterocycles. The summed E-state index contributed by atoms with van der Waals surface area (Å²) >= 11 is 0. The van der Waals surface area contributed by atoms with Crippen LogP contribution in [-0.2, 0) is 18.8 Å². The van der Waals surface area contributed by atoms with Crippen LogP contribution < -0.4 is 15.3 Å². The van der Waals surface area contributed by atoms with Gasteiger partial charge in [-0.2, -0.15) is 5.10 Å². The highest BCUT2D eigenvalue weighted by atomic mass is 31.2. The number of allylic oxidation sites excluding steroid dienone is 2. The quantitative estimate of drug-likeness (QED) is 0.346. The smallest absolute Gasteiger partial charge is 0.326 e. The summed E-state index contributed by atoms with van der Waals surface area (Å²) in [5.74, 6) is 0.588. The molecule has 1 aromatic rings. The van der Waals surface area contributed by atoms with Crippen LogP contribution in [0.5, 0.6) is 5.75 Å². The Morgan fingerprint density at radius 3 is 2.80 bits per heavy atom. The minimum absolute atomic E-state index is 0.197. The molecule has 3 rings (SSSR count). The Hall–Kier alpha value is -2.78. The Balaban J connectivity index is 1.63. The van der Waals surface area contributed by atoms with Crippen molar-refractivity contribution in [3.05, 3.63) is 54.8 Å². The first-order valence-electron chi connectivity index (χ1n) is 11.5. The van der Waals surface area contributed by atoms with Crippen LogP contribution in [0.1, 0.15) is 40.5 Å². The summed E-state index contributed by atoms with van der Waals surface area (Å²) in [4.78, 5) is 16.6. The highest BCUT2D eigenvalue weighted by molar-refractivity contribution is 7.45. The summed E-state index contributed by atoms with van der Waals surface area (Å²) in [6.07, 6.45) is 5.52. The molecular weight excluding hydrogens is 469 g/mol. The average molecular weight is 504 g/mol. The molecule has 2 heterocycles. The normalized spacial score (nSPS) is 22.3. The number of carbonyl (C=O) groups is 1. The Bertz CT molecular complexity index is 966. The third kappa shape index (κ3) is 7.60. The maximum absolute atomic E-state index is 12.6. The van der Waals surface area contributed by atoms with Gasteiger partial charge in [0.15, 0.2) is 12.1 Å². The Kier molecular flexibility index (Phi) is 9.40. The van der Waals surface area contributed by atoms with Crippen LogP contribution in [0.4, 0.5) is 0 Å². The molecule has 0 bridgehead atoms. The first kappa shape index (κ1) is 26.8. The molecule has 35 heavy (non-hydrogen) atoms. The van der Waals surface area contributed by atoms with Crippen LogP contribution in [0.25, 0.3) is 0 Å². The predicted octanol–water partition coefficient (Wildman–Crippen LogP) is 3.82. The van der Waals surface area contributed by atoms with Crippen molar-refractivity contribution >= 4 is 26.7 Å². The summed E-state index contributed by atoms with van der Waals surface area (Å²) in [5, 5.41) is 9.20. The van der Waals surface area contributed by atoms with Gasteiger partial charge < -0.3 is 24.3 Å². The van der Waals surface area contributed by atoms with E-state index in [0.29, 0.717) is 17.3 Å². The first-order chi connectivity index (χ1) is 16.7. The van der Waals surface area contributed by atoms with E-state index in [1.54, 1.807) is 31.0 Å². The molecule has 3 atom stereocenters. The van der Waals surface area contributed by atoms with E-state index in [4.69, 9.17) is 24.3 Å². The van der Waals surface area contributed by atoms with Gasteiger partial charge in [-0.25, -0.2) is 15.1 Å². The summed E-state index contributed by atoms with van der Waals surface area (Å²) in [5.41, 5.74) is 5.62. The van der Waals surface area contributed by atoms with Crippen molar-refractivity contribution in [1.82, 2.24) is 10.1 Å². The maximum Gasteiger partial charge on any atom is 0.326 e. The van der Waals surface area contributed by atoms with Gasteiger partial charge in [-0.05, 0) is 58.7 Å². The van der Waals surface area contributed by atoms with Crippen LogP contribution in [0.2, 0.25) is 0 Å². The van der Waals surface area contributed by atoms with Crippen LogP contribution >= 0.6 is 8.53 Å². The van der Waals surface area contributed by atoms with Crippen molar-refractivity contribution in [2.45, 2.75) is 64.5 Å². The van der Waals surface area contributed by atoms with Crippen molar-refractivity contribution in [3.8, 4) is 5.75 Å². The lowest BCUT2D eigenvalue weighted by Gasteiger charge is -2.30. The van der Waals surface area contributed by atoms with Crippen molar-refractivity contribution in [2.24, 2.45) is 15.8 Å². The van der Waals surface area contributed by atoms with E-state index in [1.165, 1.54) is 6.34 Å². The van der Waals surface area contributed by atoms with E-state index in [1.807, 2.05) is 44.2 Å². The van der Waals surface area contributed by atoms with Gasteiger partial charge in [-0.3, -0.25) is 4.79 Å². The minimum atomic E-state index is -1.69. The second-order valence-corrected chi connectivity index (χ2v) is 9.99. The number of nitrogens with two attached hydrogens (primary N) is 1. The number of para-hydroxylation sites is 1. The number of hydrogen-bond acceptors (Lipinski definition) is 10. The third-order valence-electron chi connectivity index (χ3n) is 5.05. The zero-order valence-corrected chi connectivity index (χ0v) is 21.5. The number of rotatable bonds is 11. The van der Waals surface area contributed by atoms with Gasteiger partial charge in [-0.15, -0.1) is 0 Å². The zero-order valence-electron chi connectivity index (χ0n) is 20.6. The molecule has 10 nitrogen and oxygen atoms in total. The van der Waals surface area contributed by atoms with Gasteiger partial charge in [0.25, 0.3) is 0 Å². The Morgan fingerprint density at radius 1 is 1.37 bits per heavy atom. The number of carbonyl (C=O) groups excluding carboxylic acids is 1. The number of benzene rings is 1. The zero-order chi connectivity index (χ0) is 25.4.